The zero-order chi connectivity index (χ0) is 10.1. The molecule has 0 aromatic carbocycles. The van der Waals surface area contributed by atoms with E-state index in [4.69, 9.17) is 23.8 Å². The molecule has 0 unspecified atom stereocenters. The zero-order valence-electron chi connectivity index (χ0n) is 6.75. The number of H-pyrrole nitrogens is 1. The Bertz CT molecular complexity index is 520. The molecular formula is C8H4ClFN2S2. The fourth-order valence-electron chi connectivity index (χ4n) is 1.02. The van der Waals surface area contributed by atoms with Crippen LogP contribution in [0.4, 0.5) is 4.39 Å². The van der Waals surface area contributed by atoms with Crippen molar-refractivity contribution < 1.29 is 4.39 Å². The number of halogens is 2. The molecule has 2 rings (SSSR count). The van der Waals surface area contributed by atoms with Crippen molar-refractivity contribution in [3.63, 3.8) is 0 Å². The average Bonchev–Trinajstić information content (AvgIpc) is 2.56. The summed E-state index contributed by atoms with van der Waals surface area (Å²) in [7, 11) is 0. The van der Waals surface area contributed by atoms with Crippen molar-refractivity contribution in [2.45, 2.75) is 0 Å². The molecule has 0 aliphatic carbocycles. The van der Waals surface area contributed by atoms with Crippen molar-refractivity contribution in [3.8, 4) is 10.6 Å². The lowest BCUT2D eigenvalue weighted by molar-refractivity contribution is 0.617. The van der Waals surface area contributed by atoms with E-state index in [1.54, 1.807) is 11.4 Å². The Balaban J connectivity index is 2.68. The van der Waals surface area contributed by atoms with E-state index in [-0.39, 0.29) is 4.77 Å². The Morgan fingerprint density at radius 3 is 3.00 bits per heavy atom. The van der Waals surface area contributed by atoms with Crippen LogP contribution < -0.4 is 0 Å². The Hall–Kier alpha value is -0.780. The van der Waals surface area contributed by atoms with Gasteiger partial charge in [-0.1, -0.05) is 11.6 Å². The van der Waals surface area contributed by atoms with E-state index < -0.39 is 5.82 Å². The third-order valence-corrected chi connectivity index (χ3v) is 3.18. The largest absolute Gasteiger partial charge is 0.327 e. The van der Waals surface area contributed by atoms with Gasteiger partial charge in [-0.15, -0.1) is 11.3 Å². The summed E-state index contributed by atoms with van der Waals surface area (Å²) >= 11 is 12.0. The number of nitrogens with zero attached hydrogens (tertiary/aromatic N) is 1. The molecule has 0 amide bonds. The highest BCUT2D eigenvalue weighted by Crippen LogP contribution is 2.32. The third-order valence-electron chi connectivity index (χ3n) is 1.61. The van der Waals surface area contributed by atoms with Crippen LogP contribution in [0.15, 0.2) is 17.6 Å². The maximum atomic E-state index is 13.3. The average molecular weight is 247 g/mol. The number of hydrogen-bond acceptors (Lipinski definition) is 3. The van der Waals surface area contributed by atoms with Crippen LogP contribution in [0.3, 0.4) is 0 Å². The molecule has 0 saturated carbocycles. The van der Waals surface area contributed by atoms with Crippen molar-refractivity contribution in [2.75, 3.05) is 0 Å². The quantitative estimate of drug-likeness (QED) is 0.778. The first kappa shape index (κ1) is 9.76. The van der Waals surface area contributed by atoms with Crippen LogP contribution in [0, 0.1) is 10.6 Å². The summed E-state index contributed by atoms with van der Waals surface area (Å²) < 4.78 is 13.6. The molecule has 0 atom stereocenters. The lowest BCUT2D eigenvalue weighted by Gasteiger charge is -1.99. The molecule has 2 aromatic heterocycles. The van der Waals surface area contributed by atoms with Gasteiger partial charge in [0.25, 0.3) is 0 Å². The SMILES string of the molecule is Fc1cnc(=S)[nH]c1-c1sccc1Cl. The van der Waals surface area contributed by atoms with Gasteiger partial charge in [0.2, 0.25) is 0 Å². The Labute approximate surface area is 93.4 Å². The monoisotopic (exact) mass is 246 g/mol. The number of nitrogens with one attached hydrogen (secondary N) is 1. The van der Waals surface area contributed by atoms with Gasteiger partial charge in [0.05, 0.1) is 21.8 Å². The maximum absolute atomic E-state index is 13.3. The molecule has 2 nitrogen and oxygen atoms in total. The number of rotatable bonds is 1. The van der Waals surface area contributed by atoms with E-state index in [1.807, 2.05) is 0 Å². The number of aromatic amines is 1. The molecule has 0 spiro atoms. The summed E-state index contributed by atoms with van der Waals surface area (Å²) in [6.45, 7) is 0. The van der Waals surface area contributed by atoms with E-state index in [9.17, 15) is 4.39 Å². The molecule has 1 N–H and O–H groups in total. The highest BCUT2D eigenvalue weighted by atomic mass is 35.5. The summed E-state index contributed by atoms with van der Waals surface area (Å²) in [5.41, 5.74) is 0.296. The fraction of sp³-hybridized carbons (Fsp3) is 0. The van der Waals surface area contributed by atoms with Crippen LogP contribution in [0.25, 0.3) is 10.6 Å². The first-order chi connectivity index (χ1) is 6.68. The van der Waals surface area contributed by atoms with Gasteiger partial charge in [0.15, 0.2) is 10.6 Å². The Morgan fingerprint density at radius 2 is 2.36 bits per heavy atom. The second-order valence-corrected chi connectivity index (χ2v) is 4.22. The first-order valence-corrected chi connectivity index (χ1v) is 5.33. The highest BCUT2D eigenvalue weighted by molar-refractivity contribution is 7.71. The van der Waals surface area contributed by atoms with Crippen molar-refractivity contribution in [1.29, 1.82) is 0 Å². The number of thiophene rings is 1. The predicted molar refractivity (Wildman–Crippen MR) is 57.7 cm³/mol. The van der Waals surface area contributed by atoms with Crippen LogP contribution in [0.5, 0.6) is 0 Å². The van der Waals surface area contributed by atoms with Crippen molar-refractivity contribution >= 4 is 35.2 Å². The van der Waals surface area contributed by atoms with Crippen LogP contribution in [0.2, 0.25) is 5.02 Å². The predicted octanol–water partition coefficient (Wildman–Crippen LogP) is 3.66. The van der Waals surface area contributed by atoms with Gasteiger partial charge >= 0.3 is 0 Å². The topological polar surface area (TPSA) is 28.7 Å². The minimum Gasteiger partial charge on any atom is -0.327 e. The van der Waals surface area contributed by atoms with Crippen molar-refractivity contribution in [2.24, 2.45) is 0 Å². The molecular weight excluding hydrogens is 243 g/mol. The zero-order valence-corrected chi connectivity index (χ0v) is 9.14. The highest BCUT2D eigenvalue weighted by Gasteiger charge is 2.10. The molecule has 6 heteroatoms. The normalized spacial score (nSPS) is 10.4. The first-order valence-electron chi connectivity index (χ1n) is 3.66. The number of hydrogen-bond donors (Lipinski definition) is 1. The van der Waals surface area contributed by atoms with Crippen LogP contribution >= 0.6 is 35.2 Å². The van der Waals surface area contributed by atoms with E-state index in [0.29, 0.717) is 15.6 Å². The molecule has 0 radical (unpaired) electrons. The summed E-state index contributed by atoms with van der Waals surface area (Å²) in [6, 6.07) is 1.71. The van der Waals surface area contributed by atoms with Gasteiger partial charge < -0.3 is 4.98 Å². The van der Waals surface area contributed by atoms with E-state index in [1.165, 1.54) is 11.3 Å². The molecule has 0 aliphatic heterocycles. The lowest BCUT2D eigenvalue weighted by atomic mass is 10.3. The molecule has 72 valence electrons. The van der Waals surface area contributed by atoms with E-state index >= 15 is 0 Å². The number of aromatic nitrogens is 2. The van der Waals surface area contributed by atoms with Crippen LogP contribution in [-0.4, -0.2) is 9.97 Å². The molecule has 0 aliphatic rings. The Morgan fingerprint density at radius 1 is 1.57 bits per heavy atom. The lowest BCUT2D eigenvalue weighted by Crippen LogP contribution is -1.90. The second-order valence-electron chi connectivity index (χ2n) is 2.51. The summed E-state index contributed by atoms with van der Waals surface area (Å²) in [5.74, 6) is -0.456. The van der Waals surface area contributed by atoms with Gasteiger partial charge in [0, 0.05) is 0 Å². The summed E-state index contributed by atoms with van der Waals surface area (Å²) in [6.07, 6.45) is 1.09. The minimum atomic E-state index is -0.456. The van der Waals surface area contributed by atoms with Gasteiger partial charge in [-0.2, -0.15) is 0 Å². The summed E-state index contributed by atoms with van der Waals surface area (Å²) in [4.78, 5) is 6.93. The maximum Gasteiger partial charge on any atom is 0.197 e. The molecule has 14 heavy (non-hydrogen) atoms. The van der Waals surface area contributed by atoms with Gasteiger partial charge in [0.1, 0.15) is 0 Å². The van der Waals surface area contributed by atoms with Crippen LogP contribution in [0.1, 0.15) is 0 Å². The van der Waals surface area contributed by atoms with Crippen molar-refractivity contribution in [3.05, 3.63) is 33.3 Å². The standard InChI is InChI=1S/C8H4ClFN2S2/c9-4-1-2-14-7(4)6-5(10)3-11-8(13)12-6/h1-3H,(H,11,12,13). The van der Waals surface area contributed by atoms with Gasteiger partial charge in [-0.05, 0) is 23.7 Å². The van der Waals surface area contributed by atoms with E-state index in [0.717, 1.165) is 6.20 Å². The molecule has 2 heterocycles. The third kappa shape index (κ3) is 1.70. The Kier molecular flexibility index (Phi) is 2.62. The van der Waals surface area contributed by atoms with Gasteiger partial charge in [-0.3, -0.25) is 0 Å². The fourth-order valence-corrected chi connectivity index (χ4v) is 2.32. The summed E-state index contributed by atoms with van der Waals surface area (Å²) in [5, 5.41) is 2.29. The molecule has 2 aromatic rings. The smallest absolute Gasteiger partial charge is 0.197 e. The van der Waals surface area contributed by atoms with Crippen LogP contribution in [-0.2, 0) is 0 Å². The molecule has 0 saturated heterocycles. The second kappa shape index (κ2) is 3.76. The van der Waals surface area contributed by atoms with Gasteiger partial charge in [-0.25, -0.2) is 9.37 Å². The minimum absolute atomic E-state index is 0.242. The molecule has 0 bridgehead atoms. The van der Waals surface area contributed by atoms with Crippen molar-refractivity contribution in [1.82, 2.24) is 9.97 Å². The van der Waals surface area contributed by atoms with E-state index in [2.05, 4.69) is 9.97 Å². The molecule has 0 fully saturated rings.